The molecule has 1 saturated heterocycles. The maximum absolute atomic E-state index is 13.1. The highest BCUT2D eigenvalue weighted by Gasteiger charge is 2.28. The van der Waals surface area contributed by atoms with Gasteiger partial charge in [0, 0.05) is 30.9 Å². The zero-order valence-corrected chi connectivity index (χ0v) is 17.0. The molecule has 0 radical (unpaired) electrons. The Balaban J connectivity index is 1.79. The molecule has 0 spiro atoms. The molecule has 5 nitrogen and oxygen atoms in total. The average molecular weight is 405 g/mol. The number of sulfonamides is 1. The second-order valence-corrected chi connectivity index (χ2v) is 9.07. The molecule has 0 atom stereocenters. The van der Waals surface area contributed by atoms with Crippen molar-refractivity contribution in [3.05, 3.63) is 59.9 Å². The van der Waals surface area contributed by atoms with Gasteiger partial charge in [0.25, 0.3) is 5.91 Å². The normalized spacial score (nSPS) is 16.1. The van der Waals surface area contributed by atoms with Gasteiger partial charge in [-0.05, 0) is 74.2 Å². The highest BCUT2D eigenvalue weighted by atomic mass is 32.2. The fourth-order valence-electron chi connectivity index (χ4n) is 3.36. The Morgan fingerprint density at radius 2 is 1.64 bits per heavy atom. The van der Waals surface area contributed by atoms with Crippen molar-refractivity contribution in [3.8, 4) is 0 Å². The van der Waals surface area contributed by atoms with Crippen LogP contribution in [-0.4, -0.2) is 38.3 Å². The van der Waals surface area contributed by atoms with Crippen molar-refractivity contribution in [2.75, 3.05) is 24.5 Å². The Kier molecular flexibility index (Phi) is 6.15. The summed E-state index contributed by atoms with van der Waals surface area (Å²) in [6, 6.07) is 11.8. The summed E-state index contributed by atoms with van der Waals surface area (Å²) in [4.78, 5) is 14.6. The first kappa shape index (κ1) is 20.5. The van der Waals surface area contributed by atoms with Crippen LogP contribution < -0.4 is 4.90 Å². The smallest absolute Gasteiger partial charge is 0.258 e. The quantitative estimate of drug-likeness (QED) is 0.759. The molecule has 1 aliphatic heterocycles. The summed E-state index contributed by atoms with van der Waals surface area (Å²) in [6.45, 7) is 5.43. The van der Waals surface area contributed by atoms with Gasteiger partial charge in [-0.2, -0.15) is 4.31 Å². The van der Waals surface area contributed by atoms with E-state index in [0.717, 1.165) is 12.8 Å². The molecular weight excluding hydrogens is 379 g/mol. The van der Waals surface area contributed by atoms with Crippen LogP contribution in [0.1, 0.15) is 37.0 Å². The summed E-state index contributed by atoms with van der Waals surface area (Å²) in [6.07, 6.45) is 1.72. The van der Waals surface area contributed by atoms with Gasteiger partial charge in [-0.15, -0.1) is 0 Å². The fraction of sp³-hybridized carbons (Fsp3) is 0.381. The number of amides is 1. The van der Waals surface area contributed by atoms with Gasteiger partial charge in [0.1, 0.15) is 5.82 Å². The van der Waals surface area contributed by atoms with Crippen LogP contribution in [0.15, 0.2) is 53.4 Å². The molecular formula is C21H25FN2O3S. The third-order valence-electron chi connectivity index (χ3n) is 5.18. The standard InChI is InChI=1S/C21H25FN2O3S/c1-3-24(19-8-6-18(22)7-9-19)21(25)17-4-10-20(11-5-17)28(26,27)23-14-12-16(2)13-15-23/h4-11,16H,3,12-15H2,1-2H3. The number of anilines is 1. The summed E-state index contributed by atoms with van der Waals surface area (Å²) in [7, 11) is -3.54. The monoisotopic (exact) mass is 404 g/mol. The molecule has 150 valence electrons. The summed E-state index contributed by atoms with van der Waals surface area (Å²) >= 11 is 0. The summed E-state index contributed by atoms with van der Waals surface area (Å²) < 4.78 is 40.3. The van der Waals surface area contributed by atoms with Gasteiger partial charge in [0.15, 0.2) is 0 Å². The second kappa shape index (κ2) is 8.41. The highest BCUT2D eigenvalue weighted by Crippen LogP contribution is 2.24. The van der Waals surface area contributed by atoms with E-state index < -0.39 is 10.0 Å². The number of hydrogen-bond donors (Lipinski definition) is 0. The van der Waals surface area contributed by atoms with E-state index in [1.807, 2.05) is 6.92 Å². The van der Waals surface area contributed by atoms with Crippen molar-refractivity contribution in [1.29, 1.82) is 0 Å². The molecule has 7 heteroatoms. The number of nitrogens with zero attached hydrogens (tertiary/aromatic N) is 2. The maximum Gasteiger partial charge on any atom is 0.258 e. The fourth-order valence-corrected chi connectivity index (χ4v) is 4.83. The maximum atomic E-state index is 13.1. The molecule has 2 aromatic carbocycles. The minimum Gasteiger partial charge on any atom is -0.309 e. The first-order chi connectivity index (χ1) is 13.3. The van der Waals surface area contributed by atoms with E-state index in [4.69, 9.17) is 0 Å². The number of halogens is 1. The first-order valence-corrected chi connectivity index (χ1v) is 10.9. The molecule has 1 heterocycles. The number of benzene rings is 2. The number of hydrogen-bond acceptors (Lipinski definition) is 3. The van der Waals surface area contributed by atoms with Crippen molar-refractivity contribution >= 4 is 21.6 Å². The van der Waals surface area contributed by atoms with Crippen molar-refractivity contribution in [2.45, 2.75) is 31.6 Å². The Morgan fingerprint density at radius 1 is 1.07 bits per heavy atom. The van der Waals surface area contributed by atoms with Crippen molar-refractivity contribution in [1.82, 2.24) is 4.31 Å². The van der Waals surface area contributed by atoms with Crippen LogP contribution in [0.25, 0.3) is 0 Å². The Labute approximate surface area is 165 Å². The minimum absolute atomic E-state index is 0.198. The molecule has 1 fully saturated rings. The highest BCUT2D eigenvalue weighted by molar-refractivity contribution is 7.89. The Hall–Kier alpha value is -2.25. The molecule has 0 aliphatic carbocycles. The second-order valence-electron chi connectivity index (χ2n) is 7.14. The molecule has 2 aromatic rings. The van der Waals surface area contributed by atoms with Crippen LogP contribution in [0, 0.1) is 11.7 Å². The van der Waals surface area contributed by atoms with E-state index in [1.165, 1.54) is 45.6 Å². The van der Waals surface area contributed by atoms with Crippen LogP contribution in [0.3, 0.4) is 0 Å². The third kappa shape index (κ3) is 4.25. The van der Waals surface area contributed by atoms with Gasteiger partial charge in [-0.1, -0.05) is 6.92 Å². The van der Waals surface area contributed by atoms with Crippen LogP contribution in [0.2, 0.25) is 0 Å². The zero-order chi connectivity index (χ0) is 20.3. The van der Waals surface area contributed by atoms with Gasteiger partial charge < -0.3 is 4.90 Å². The van der Waals surface area contributed by atoms with Crippen molar-refractivity contribution in [2.24, 2.45) is 5.92 Å². The lowest BCUT2D eigenvalue weighted by molar-refractivity contribution is 0.0988. The largest absolute Gasteiger partial charge is 0.309 e. The van der Waals surface area contributed by atoms with Gasteiger partial charge in [-0.3, -0.25) is 4.79 Å². The predicted octanol–water partition coefficient (Wildman–Crippen LogP) is 3.91. The van der Waals surface area contributed by atoms with Crippen LogP contribution in [0.5, 0.6) is 0 Å². The van der Waals surface area contributed by atoms with E-state index in [2.05, 4.69) is 6.92 Å². The third-order valence-corrected chi connectivity index (χ3v) is 7.09. The molecule has 0 aromatic heterocycles. The molecule has 3 rings (SSSR count). The molecule has 0 saturated carbocycles. The number of carbonyl (C=O) groups is 1. The van der Waals surface area contributed by atoms with Crippen LogP contribution in [0.4, 0.5) is 10.1 Å². The number of piperidine rings is 1. The zero-order valence-electron chi connectivity index (χ0n) is 16.1. The molecule has 0 unspecified atom stereocenters. The molecule has 1 amide bonds. The molecule has 28 heavy (non-hydrogen) atoms. The lowest BCUT2D eigenvalue weighted by Crippen LogP contribution is -2.37. The molecule has 0 bridgehead atoms. The summed E-state index contributed by atoms with van der Waals surface area (Å²) in [5.74, 6) is -0.0864. The topological polar surface area (TPSA) is 57.7 Å². The van der Waals surface area contributed by atoms with Gasteiger partial charge in [0.2, 0.25) is 10.0 Å². The summed E-state index contributed by atoms with van der Waals surface area (Å²) in [5.41, 5.74) is 0.977. The van der Waals surface area contributed by atoms with Crippen molar-refractivity contribution in [3.63, 3.8) is 0 Å². The van der Waals surface area contributed by atoms with Gasteiger partial charge >= 0.3 is 0 Å². The van der Waals surface area contributed by atoms with Gasteiger partial charge in [0.05, 0.1) is 4.90 Å². The minimum atomic E-state index is -3.54. The predicted molar refractivity (Wildman–Crippen MR) is 107 cm³/mol. The lowest BCUT2D eigenvalue weighted by Gasteiger charge is -2.29. The lowest BCUT2D eigenvalue weighted by atomic mass is 10.0. The first-order valence-electron chi connectivity index (χ1n) is 9.50. The van der Waals surface area contributed by atoms with E-state index in [0.29, 0.717) is 36.8 Å². The molecule has 1 aliphatic rings. The number of carbonyl (C=O) groups excluding carboxylic acids is 1. The van der Waals surface area contributed by atoms with E-state index >= 15 is 0 Å². The summed E-state index contributed by atoms with van der Waals surface area (Å²) in [5, 5.41) is 0. The SMILES string of the molecule is CCN(C(=O)c1ccc(S(=O)(=O)N2CCC(C)CC2)cc1)c1ccc(F)cc1. The number of rotatable bonds is 5. The molecule has 0 N–H and O–H groups in total. The Bertz CT molecular complexity index is 919. The van der Waals surface area contributed by atoms with E-state index in [9.17, 15) is 17.6 Å². The average Bonchev–Trinajstić information content (AvgIpc) is 2.70. The Morgan fingerprint density at radius 3 is 2.18 bits per heavy atom. The van der Waals surface area contributed by atoms with E-state index in [-0.39, 0.29) is 16.6 Å². The van der Waals surface area contributed by atoms with Crippen LogP contribution in [-0.2, 0) is 10.0 Å². The van der Waals surface area contributed by atoms with Crippen molar-refractivity contribution < 1.29 is 17.6 Å². The van der Waals surface area contributed by atoms with Gasteiger partial charge in [-0.25, -0.2) is 12.8 Å². The van der Waals surface area contributed by atoms with Crippen LogP contribution >= 0.6 is 0 Å². The van der Waals surface area contributed by atoms with E-state index in [1.54, 1.807) is 12.1 Å².